The van der Waals surface area contributed by atoms with E-state index in [0.29, 0.717) is 17.7 Å². The van der Waals surface area contributed by atoms with Gasteiger partial charge in [0.15, 0.2) is 5.78 Å². The first-order chi connectivity index (χ1) is 10.3. The van der Waals surface area contributed by atoms with Crippen molar-refractivity contribution in [3.8, 4) is 5.75 Å². The van der Waals surface area contributed by atoms with Crippen LogP contribution in [0.4, 0.5) is 4.79 Å². The summed E-state index contributed by atoms with van der Waals surface area (Å²) in [5.74, 6) is 0.583. The lowest BCUT2D eigenvalue weighted by atomic mass is 9.99. The van der Waals surface area contributed by atoms with Crippen LogP contribution in [0.15, 0.2) is 24.3 Å². The zero-order valence-electron chi connectivity index (χ0n) is 13.9. The van der Waals surface area contributed by atoms with Crippen LogP contribution in [0.2, 0.25) is 0 Å². The van der Waals surface area contributed by atoms with Crippen molar-refractivity contribution in [3.63, 3.8) is 0 Å². The number of carbonyl (C=O) groups is 2. The highest BCUT2D eigenvalue weighted by Gasteiger charge is 2.25. The molecule has 0 saturated heterocycles. The van der Waals surface area contributed by atoms with Gasteiger partial charge in [0.2, 0.25) is 0 Å². The van der Waals surface area contributed by atoms with Gasteiger partial charge in [-0.15, -0.1) is 0 Å². The van der Waals surface area contributed by atoms with E-state index in [0.717, 1.165) is 6.42 Å². The number of Topliss-reactive ketones (excluding diaryl/α,β-unsaturated/α-hetero) is 1. The maximum absolute atomic E-state index is 12.3. The lowest BCUT2D eigenvalue weighted by molar-refractivity contribution is -0.121. The van der Waals surface area contributed by atoms with E-state index >= 15 is 0 Å². The summed E-state index contributed by atoms with van der Waals surface area (Å²) in [6.45, 7) is 7.26. The van der Waals surface area contributed by atoms with Crippen LogP contribution in [0.3, 0.4) is 0 Å². The molecule has 0 unspecified atom stereocenters. The molecule has 0 aliphatic heterocycles. The van der Waals surface area contributed by atoms with Crippen LogP contribution < -0.4 is 10.1 Å². The summed E-state index contributed by atoms with van der Waals surface area (Å²) in [6, 6.07) is 6.38. The van der Waals surface area contributed by atoms with Gasteiger partial charge in [-0.25, -0.2) is 4.79 Å². The van der Waals surface area contributed by atoms with Crippen molar-refractivity contribution < 1.29 is 19.1 Å². The summed E-state index contributed by atoms with van der Waals surface area (Å²) in [5.41, 5.74) is 0.0697. The molecule has 0 radical (unpaired) electrons. The van der Waals surface area contributed by atoms with Gasteiger partial charge < -0.3 is 14.8 Å². The Kier molecular flexibility index (Phi) is 6.40. The quantitative estimate of drug-likeness (QED) is 0.871. The molecule has 0 bridgehead atoms. The first-order valence-electron chi connectivity index (χ1n) is 7.43. The largest absolute Gasteiger partial charge is 0.497 e. The molecular formula is C17H25NO4. The minimum atomic E-state index is -0.732. The summed E-state index contributed by atoms with van der Waals surface area (Å²) in [6.07, 6.45) is 0.497. The number of amides is 1. The number of hydrogen-bond donors (Lipinski definition) is 1. The smallest absolute Gasteiger partial charge is 0.408 e. The monoisotopic (exact) mass is 307 g/mol. The Morgan fingerprint density at radius 1 is 1.27 bits per heavy atom. The van der Waals surface area contributed by atoms with Crippen LogP contribution >= 0.6 is 0 Å². The second kappa shape index (κ2) is 7.82. The van der Waals surface area contributed by atoms with E-state index in [1.54, 1.807) is 52.1 Å². The van der Waals surface area contributed by atoms with E-state index in [4.69, 9.17) is 9.47 Å². The van der Waals surface area contributed by atoms with Gasteiger partial charge >= 0.3 is 6.09 Å². The number of rotatable bonds is 6. The van der Waals surface area contributed by atoms with Crippen molar-refractivity contribution in [2.45, 2.75) is 52.2 Å². The Labute approximate surface area is 132 Å². The van der Waals surface area contributed by atoms with Gasteiger partial charge in [0, 0.05) is 6.42 Å². The molecule has 0 spiro atoms. The molecule has 22 heavy (non-hydrogen) atoms. The maximum Gasteiger partial charge on any atom is 0.408 e. The van der Waals surface area contributed by atoms with Crippen molar-refractivity contribution >= 4 is 11.9 Å². The molecular weight excluding hydrogens is 282 g/mol. The molecule has 122 valence electrons. The van der Waals surface area contributed by atoms with E-state index in [2.05, 4.69) is 5.32 Å². The highest BCUT2D eigenvalue weighted by molar-refractivity contribution is 5.88. The lowest BCUT2D eigenvalue weighted by Crippen LogP contribution is -2.38. The van der Waals surface area contributed by atoms with Crippen LogP contribution in [0.5, 0.6) is 5.75 Å². The number of methoxy groups -OCH3 is 1. The molecule has 1 amide bonds. The minimum Gasteiger partial charge on any atom is -0.497 e. The zero-order chi connectivity index (χ0) is 16.8. The van der Waals surface area contributed by atoms with Gasteiger partial charge in [-0.2, -0.15) is 0 Å². The predicted molar refractivity (Wildman–Crippen MR) is 85.0 cm³/mol. The van der Waals surface area contributed by atoms with Gasteiger partial charge in [0.1, 0.15) is 17.4 Å². The molecule has 1 aromatic carbocycles. The highest BCUT2D eigenvalue weighted by Crippen LogP contribution is 2.22. The van der Waals surface area contributed by atoms with Crippen LogP contribution in [0.25, 0.3) is 0 Å². The van der Waals surface area contributed by atoms with Gasteiger partial charge in [-0.3, -0.25) is 4.79 Å². The summed E-state index contributed by atoms with van der Waals surface area (Å²) >= 11 is 0. The second-order valence-corrected chi connectivity index (χ2v) is 6.07. The average Bonchev–Trinajstić information content (AvgIpc) is 2.43. The number of ether oxygens (including phenoxy) is 2. The van der Waals surface area contributed by atoms with Crippen LogP contribution in [0, 0.1) is 0 Å². The number of benzene rings is 1. The summed E-state index contributed by atoms with van der Waals surface area (Å²) in [5, 5.41) is 2.66. The van der Waals surface area contributed by atoms with Crippen LogP contribution in [-0.4, -0.2) is 24.6 Å². The maximum atomic E-state index is 12.3. The summed E-state index contributed by atoms with van der Waals surface area (Å²) in [7, 11) is 1.56. The Morgan fingerprint density at radius 3 is 2.50 bits per heavy atom. The zero-order valence-corrected chi connectivity index (χ0v) is 13.9. The van der Waals surface area contributed by atoms with Crippen molar-refractivity contribution in [1.29, 1.82) is 0 Å². The number of ketones is 1. The summed E-state index contributed by atoms with van der Waals surface area (Å²) < 4.78 is 10.4. The van der Waals surface area contributed by atoms with Crippen LogP contribution in [0.1, 0.15) is 52.1 Å². The van der Waals surface area contributed by atoms with E-state index < -0.39 is 17.7 Å². The molecule has 0 saturated carbocycles. The standard InChI is InChI=1S/C17H25NO4/c1-6-8-14(19)15(18-16(20)22-17(2,3)4)12-9-7-10-13(11-12)21-5/h7,9-11,15H,6,8H2,1-5H3,(H,18,20)/t15-/m0/s1. The van der Waals surface area contributed by atoms with Gasteiger partial charge in [-0.1, -0.05) is 19.1 Å². The molecule has 0 heterocycles. The fourth-order valence-corrected chi connectivity index (χ4v) is 1.99. The number of nitrogens with one attached hydrogen (secondary N) is 1. The fraction of sp³-hybridized carbons (Fsp3) is 0.529. The number of alkyl carbamates (subject to hydrolysis) is 1. The SMILES string of the molecule is CCCC(=O)[C@@H](NC(=O)OC(C)(C)C)c1cccc(OC)c1. The predicted octanol–water partition coefficient (Wildman–Crippen LogP) is 3.63. The minimum absolute atomic E-state index is 0.0541. The summed E-state index contributed by atoms with van der Waals surface area (Å²) in [4.78, 5) is 24.3. The Balaban J connectivity index is 2.97. The van der Waals surface area contributed by atoms with E-state index in [1.165, 1.54) is 0 Å². The molecule has 5 heteroatoms. The number of hydrogen-bond acceptors (Lipinski definition) is 4. The average molecular weight is 307 g/mol. The molecule has 5 nitrogen and oxygen atoms in total. The molecule has 0 fully saturated rings. The third kappa shape index (κ3) is 5.76. The van der Waals surface area contributed by atoms with Crippen molar-refractivity contribution in [2.24, 2.45) is 0 Å². The van der Waals surface area contributed by atoms with E-state index in [1.807, 2.05) is 6.92 Å². The molecule has 1 aromatic rings. The van der Waals surface area contributed by atoms with Crippen molar-refractivity contribution in [3.05, 3.63) is 29.8 Å². The molecule has 0 aromatic heterocycles. The Bertz CT molecular complexity index is 520. The van der Waals surface area contributed by atoms with Crippen molar-refractivity contribution in [2.75, 3.05) is 7.11 Å². The highest BCUT2D eigenvalue weighted by atomic mass is 16.6. The third-order valence-electron chi connectivity index (χ3n) is 2.91. The van der Waals surface area contributed by atoms with Gasteiger partial charge in [-0.05, 0) is 44.9 Å². The Hall–Kier alpha value is -2.04. The lowest BCUT2D eigenvalue weighted by Gasteiger charge is -2.23. The van der Waals surface area contributed by atoms with E-state index in [-0.39, 0.29) is 5.78 Å². The molecule has 1 rings (SSSR count). The van der Waals surface area contributed by atoms with Gasteiger partial charge in [0.25, 0.3) is 0 Å². The Morgan fingerprint density at radius 2 is 1.95 bits per heavy atom. The normalized spacial score (nSPS) is 12.4. The molecule has 1 atom stereocenters. The molecule has 1 N–H and O–H groups in total. The third-order valence-corrected chi connectivity index (χ3v) is 2.91. The molecule has 0 aliphatic carbocycles. The molecule has 0 aliphatic rings. The van der Waals surface area contributed by atoms with Gasteiger partial charge in [0.05, 0.1) is 7.11 Å². The van der Waals surface area contributed by atoms with Crippen molar-refractivity contribution in [1.82, 2.24) is 5.32 Å². The first kappa shape index (κ1) is 18.0. The topological polar surface area (TPSA) is 64.6 Å². The fourth-order valence-electron chi connectivity index (χ4n) is 1.99. The number of carbonyl (C=O) groups excluding carboxylic acids is 2. The van der Waals surface area contributed by atoms with E-state index in [9.17, 15) is 9.59 Å². The second-order valence-electron chi connectivity index (χ2n) is 6.07. The first-order valence-corrected chi connectivity index (χ1v) is 7.43. The van der Waals surface area contributed by atoms with Crippen LogP contribution in [-0.2, 0) is 9.53 Å².